The summed E-state index contributed by atoms with van der Waals surface area (Å²) in [5, 5.41) is 0. The molecule has 0 aliphatic heterocycles. The Bertz CT molecular complexity index is 352. The predicted octanol–water partition coefficient (Wildman–Crippen LogP) is 2.09. The van der Waals surface area contributed by atoms with Crippen LogP contribution in [0.3, 0.4) is 0 Å². The minimum Gasteiger partial charge on any atom is -0.494 e. The standard InChI is InChI=1S/C13H19NO3/c1-3-16-12-8-6-5-7-11(12)9-10-13(15)14-17-4-2/h5-8H,3-4,9-10H2,1-2H3,(H,14,15). The van der Waals surface area contributed by atoms with Gasteiger partial charge in [-0.05, 0) is 31.9 Å². The van der Waals surface area contributed by atoms with Crippen molar-refractivity contribution in [3.8, 4) is 5.75 Å². The number of hydroxylamine groups is 1. The number of carbonyl (C=O) groups is 1. The number of carbonyl (C=O) groups excluding carboxylic acids is 1. The van der Waals surface area contributed by atoms with Gasteiger partial charge in [-0.1, -0.05) is 18.2 Å². The molecular formula is C13H19NO3. The molecule has 94 valence electrons. The Morgan fingerprint density at radius 3 is 2.71 bits per heavy atom. The molecule has 0 unspecified atom stereocenters. The van der Waals surface area contributed by atoms with Crippen LogP contribution in [0.5, 0.6) is 5.75 Å². The van der Waals surface area contributed by atoms with Crippen molar-refractivity contribution in [2.45, 2.75) is 26.7 Å². The van der Waals surface area contributed by atoms with Gasteiger partial charge in [0.15, 0.2) is 0 Å². The third-order valence-corrected chi connectivity index (χ3v) is 2.22. The lowest BCUT2D eigenvalue weighted by atomic mass is 10.1. The number of hydrogen-bond donors (Lipinski definition) is 1. The van der Waals surface area contributed by atoms with E-state index in [4.69, 9.17) is 9.57 Å². The summed E-state index contributed by atoms with van der Waals surface area (Å²) in [4.78, 5) is 16.2. The number of benzene rings is 1. The maximum Gasteiger partial charge on any atom is 0.243 e. The van der Waals surface area contributed by atoms with Crippen LogP contribution in [0.25, 0.3) is 0 Å². The Morgan fingerprint density at radius 2 is 2.00 bits per heavy atom. The number of para-hydroxylation sites is 1. The van der Waals surface area contributed by atoms with Crippen molar-refractivity contribution in [3.05, 3.63) is 29.8 Å². The van der Waals surface area contributed by atoms with Crippen molar-refractivity contribution in [2.75, 3.05) is 13.2 Å². The fraction of sp³-hybridized carbons (Fsp3) is 0.462. The zero-order valence-electron chi connectivity index (χ0n) is 10.4. The van der Waals surface area contributed by atoms with E-state index in [0.717, 1.165) is 11.3 Å². The van der Waals surface area contributed by atoms with Gasteiger partial charge in [0.05, 0.1) is 13.2 Å². The fourth-order valence-corrected chi connectivity index (χ4v) is 1.46. The Kier molecular flexibility index (Phi) is 6.10. The average molecular weight is 237 g/mol. The van der Waals surface area contributed by atoms with Crippen molar-refractivity contribution >= 4 is 5.91 Å². The summed E-state index contributed by atoms with van der Waals surface area (Å²) in [6, 6.07) is 7.76. The zero-order chi connectivity index (χ0) is 12.5. The maximum absolute atomic E-state index is 11.4. The fourth-order valence-electron chi connectivity index (χ4n) is 1.46. The summed E-state index contributed by atoms with van der Waals surface area (Å²) in [7, 11) is 0. The second-order valence-electron chi connectivity index (χ2n) is 3.50. The quantitative estimate of drug-likeness (QED) is 0.739. The van der Waals surface area contributed by atoms with E-state index in [-0.39, 0.29) is 5.91 Å². The molecule has 4 nitrogen and oxygen atoms in total. The first kappa shape index (κ1) is 13.5. The van der Waals surface area contributed by atoms with Crippen LogP contribution in [0, 0.1) is 0 Å². The highest BCUT2D eigenvalue weighted by Gasteiger charge is 2.06. The van der Waals surface area contributed by atoms with Crippen molar-refractivity contribution < 1.29 is 14.4 Å². The van der Waals surface area contributed by atoms with E-state index >= 15 is 0 Å². The van der Waals surface area contributed by atoms with E-state index < -0.39 is 0 Å². The molecule has 1 amide bonds. The number of amides is 1. The second kappa shape index (κ2) is 7.68. The van der Waals surface area contributed by atoms with Crippen LogP contribution >= 0.6 is 0 Å². The van der Waals surface area contributed by atoms with E-state index in [2.05, 4.69) is 5.48 Å². The van der Waals surface area contributed by atoms with Gasteiger partial charge in [-0.3, -0.25) is 9.63 Å². The van der Waals surface area contributed by atoms with Crippen molar-refractivity contribution in [2.24, 2.45) is 0 Å². The van der Waals surface area contributed by atoms with E-state index in [1.165, 1.54) is 0 Å². The van der Waals surface area contributed by atoms with Gasteiger partial charge in [0.1, 0.15) is 5.75 Å². The monoisotopic (exact) mass is 237 g/mol. The molecule has 0 spiro atoms. The molecule has 1 aromatic carbocycles. The third kappa shape index (κ3) is 4.87. The maximum atomic E-state index is 11.4. The largest absolute Gasteiger partial charge is 0.494 e. The van der Waals surface area contributed by atoms with E-state index in [1.807, 2.05) is 38.1 Å². The van der Waals surface area contributed by atoms with Crippen LogP contribution in [-0.2, 0) is 16.1 Å². The van der Waals surface area contributed by atoms with Crippen LogP contribution in [0.15, 0.2) is 24.3 Å². The lowest BCUT2D eigenvalue weighted by Gasteiger charge is -2.09. The number of nitrogens with one attached hydrogen (secondary N) is 1. The summed E-state index contributed by atoms with van der Waals surface area (Å²) in [6.07, 6.45) is 1.04. The Labute approximate surface area is 102 Å². The Hall–Kier alpha value is -1.55. The summed E-state index contributed by atoms with van der Waals surface area (Å²) in [5.41, 5.74) is 3.42. The second-order valence-corrected chi connectivity index (χ2v) is 3.50. The number of rotatable bonds is 7. The van der Waals surface area contributed by atoms with Crippen LogP contribution in [0.4, 0.5) is 0 Å². The smallest absolute Gasteiger partial charge is 0.243 e. The molecule has 1 N–H and O–H groups in total. The van der Waals surface area contributed by atoms with Gasteiger partial charge in [-0.15, -0.1) is 0 Å². The first-order chi connectivity index (χ1) is 8.27. The number of aryl methyl sites for hydroxylation is 1. The van der Waals surface area contributed by atoms with E-state index in [0.29, 0.717) is 26.1 Å². The van der Waals surface area contributed by atoms with Crippen LogP contribution in [0.2, 0.25) is 0 Å². The molecule has 0 saturated heterocycles. The van der Waals surface area contributed by atoms with Crippen LogP contribution in [0.1, 0.15) is 25.8 Å². The minimum atomic E-state index is -0.113. The summed E-state index contributed by atoms with van der Waals surface area (Å²) >= 11 is 0. The average Bonchev–Trinajstić information content (AvgIpc) is 2.35. The summed E-state index contributed by atoms with van der Waals surface area (Å²) in [5.74, 6) is 0.734. The molecule has 1 rings (SSSR count). The first-order valence-electron chi connectivity index (χ1n) is 5.89. The van der Waals surface area contributed by atoms with Crippen LogP contribution < -0.4 is 10.2 Å². The van der Waals surface area contributed by atoms with Gasteiger partial charge in [-0.25, -0.2) is 5.48 Å². The van der Waals surface area contributed by atoms with Crippen LogP contribution in [-0.4, -0.2) is 19.1 Å². The SMILES string of the molecule is CCONC(=O)CCc1ccccc1OCC. The van der Waals surface area contributed by atoms with E-state index in [9.17, 15) is 4.79 Å². The molecule has 0 fully saturated rings. The molecule has 0 saturated carbocycles. The zero-order valence-corrected chi connectivity index (χ0v) is 10.4. The molecular weight excluding hydrogens is 218 g/mol. The highest BCUT2D eigenvalue weighted by Crippen LogP contribution is 2.19. The van der Waals surface area contributed by atoms with Gasteiger partial charge < -0.3 is 4.74 Å². The predicted molar refractivity (Wildman–Crippen MR) is 65.7 cm³/mol. The molecule has 0 heterocycles. The highest BCUT2D eigenvalue weighted by molar-refractivity contribution is 5.75. The molecule has 0 bridgehead atoms. The van der Waals surface area contributed by atoms with E-state index in [1.54, 1.807) is 0 Å². The Morgan fingerprint density at radius 1 is 1.24 bits per heavy atom. The first-order valence-corrected chi connectivity index (χ1v) is 5.89. The van der Waals surface area contributed by atoms with Gasteiger partial charge in [0, 0.05) is 6.42 Å². The summed E-state index contributed by atoms with van der Waals surface area (Å²) < 4.78 is 5.49. The van der Waals surface area contributed by atoms with Gasteiger partial charge in [0.25, 0.3) is 0 Å². The molecule has 0 aliphatic carbocycles. The molecule has 17 heavy (non-hydrogen) atoms. The number of ether oxygens (including phenoxy) is 1. The lowest BCUT2D eigenvalue weighted by Crippen LogP contribution is -2.23. The van der Waals surface area contributed by atoms with Gasteiger partial charge >= 0.3 is 0 Å². The summed E-state index contributed by atoms with van der Waals surface area (Å²) in [6.45, 7) is 4.87. The highest BCUT2D eigenvalue weighted by atomic mass is 16.6. The topological polar surface area (TPSA) is 47.6 Å². The Balaban J connectivity index is 2.47. The van der Waals surface area contributed by atoms with Gasteiger partial charge in [-0.2, -0.15) is 0 Å². The molecule has 0 aromatic heterocycles. The number of hydrogen-bond acceptors (Lipinski definition) is 3. The molecule has 0 radical (unpaired) electrons. The van der Waals surface area contributed by atoms with Gasteiger partial charge in [0.2, 0.25) is 5.91 Å². The molecule has 0 aliphatic rings. The molecule has 4 heteroatoms. The van der Waals surface area contributed by atoms with Crippen molar-refractivity contribution in [1.29, 1.82) is 0 Å². The lowest BCUT2D eigenvalue weighted by molar-refractivity contribution is -0.133. The minimum absolute atomic E-state index is 0.113. The molecule has 1 aromatic rings. The van der Waals surface area contributed by atoms with Crippen molar-refractivity contribution in [3.63, 3.8) is 0 Å². The van der Waals surface area contributed by atoms with Crippen molar-refractivity contribution in [1.82, 2.24) is 5.48 Å². The normalized spacial score (nSPS) is 10.0. The molecule has 0 atom stereocenters. The third-order valence-electron chi connectivity index (χ3n) is 2.22.